The Morgan fingerprint density at radius 3 is 2.45 bits per heavy atom. The molecule has 0 aliphatic carbocycles. The fourth-order valence-electron chi connectivity index (χ4n) is 3.18. The first-order chi connectivity index (χ1) is 14.5. The molecule has 1 atom stereocenters. The number of amides is 2. The van der Waals surface area contributed by atoms with Crippen LogP contribution in [0.25, 0.3) is 6.08 Å². The van der Waals surface area contributed by atoms with Crippen molar-refractivity contribution in [1.82, 2.24) is 4.90 Å². The fourth-order valence-corrected chi connectivity index (χ4v) is 3.18. The van der Waals surface area contributed by atoms with Gasteiger partial charge in [0.2, 0.25) is 5.91 Å². The topological polar surface area (TPSA) is 111 Å². The smallest absolute Gasteiger partial charge is 0.410 e. The predicted molar refractivity (Wildman–Crippen MR) is 119 cm³/mol. The van der Waals surface area contributed by atoms with Gasteiger partial charge in [-0.1, -0.05) is 12.1 Å². The fraction of sp³-hybridized carbons (Fsp3) is 0.522. The Balaban J connectivity index is 1.95. The third-order valence-corrected chi connectivity index (χ3v) is 4.85. The number of nitrogens with two attached hydrogens (primary N) is 1. The van der Waals surface area contributed by atoms with E-state index in [1.54, 1.807) is 42.2 Å². The molecule has 2 rings (SSSR count). The van der Waals surface area contributed by atoms with Crippen molar-refractivity contribution in [2.75, 3.05) is 25.0 Å². The van der Waals surface area contributed by atoms with Crippen LogP contribution in [-0.4, -0.2) is 53.7 Å². The summed E-state index contributed by atoms with van der Waals surface area (Å²) in [5.74, 6) is -0.688. The number of carbonyl (C=O) groups is 3. The van der Waals surface area contributed by atoms with Crippen molar-refractivity contribution in [1.29, 1.82) is 0 Å². The SMILES string of the molecule is CCOC(=O)/C=C/c1ccc(NC(=O)C2(N)CCCN(C(=O)OC(C)(C)C)CC2)cc1. The number of rotatable bonds is 5. The lowest BCUT2D eigenvalue weighted by Gasteiger charge is -2.28. The van der Waals surface area contributed by atoms with Crippen LogP contribution in [0.2, 0.25) is 0 Å². The van der Waals surface area contributed by atoms with E-state index >= 15 is 0 Å². The molecule has 0 radical (unpaired) electrons. The largest absolute Gasteiger partial charge is 0.463 e. The summed E-state index contributed by atoms with van der Waals surface area (Å²) in [5.41, 5.74) is 6.19. The van der Waals surface area contributed by atoms with Crippen molar-refractivity contribution >= 4 is 29.7 Å². The number of carbonyl (C=O) groups excluding carboxylic acids is 3. The van der Waals surface area contributed by atoms with Crippen molar-refractivity contribution in [3.8, 4) is 0 Å². The summed E-state index contributed by atoms with van der Waals surface area (Å²) in [6.45, 7) is 8.39. The Labute approximate surface area is 183 Å². The van der Waals surface area contributed by atoms with Crippen LogP contribution in [-0.2, 0) is 19.1 Å². The number of likely N-dealkylation sites (tertiary alicyclic amines) is 1. The highest BCUT2D eigenvalue weighted by molar-refractivity contribution is 5.98. The number of nitrogens with zero attached hydrogens (tertiary/aromatic N) is 1. The molecule has 0 bridgehead atoms. The quantitative estimate of drug-likeness (QED) is 0.546. The molecule has 31 heavy (non-hydrogen) atoms. The molecule has 1 saturated heterocycles. The number of benzene rings is 1. The van der Waals surface area contributed by atoms with E-state index < -0.39 is 17.1 Å². The Morgan fingerprint density at radius 2 is 1.84 bits per heavy atom. The van der Waals surface area contributed by atoms with Gasteiger partial charge >= 0.3 is 12.1 Å². The zero-order valence-electron chi connectivity index (χ0n) is 18.8. The summed E-state index contributed by atoms with van der Waals surface area (Å²) < 4.78 is 10.3. The van der Waals surface area contributed by atoms with Gasteiger partial charge in [0.05, 0.1) is 12.1 Å². The Morgan fingerprint density at radius 1 is 1.16 bits per heavy atom. The summed E-state index contributed by atoms with van der Waals surface area (Å²) in [5, 5.41) is 2.86. The maximum absolute atomic E-state index is 12.9. The van der Waals surface area contributed by atoms with E-state index in [2.05, 4.69) is 5.32 Å². The molecular weight excluding hydrogens is 398 g/mol. The first-order valence-electron chi connectivity index (χ1n) is 10.6. The van der Waals surface area contributed by atoms with Crippen LogP contribution in [0, 0.1) is 0 Å². The zero-order chi connectivity index (χ0) is 23.1. The van der Waals surface area contributed by atoms with Crippen LogP contribution in [0.1, 0.15) is 52.5 Å². The number of nitrogens with one attached hydrogen (secondary N) is 1. The van der Waals surface area contributed by atoms with E-state index in [9.17, 15) is 14.4 Å². The summed E-state index contributed by atoms with van der Waals surface area (Å²) in [6.07, 6.45) is 4.04. The third kappa shape index (κ3) is 7.71. The Bertz CT molecular complexity index is 813. The Kier molecular flexibility index (Phi) is 8.21. The minimum Gasteiger partial charge on any atom is -0.463 e. The number of hydrogen-bond acceptors (Lipinski definition) is 6. The van der Waals surface area contributed by atoms with Gasteiger partial charge in [-0.3, -0.25) is 4.79 Å². The third-order valence-electron chi connectivity index (χ3n) is 4.85. The van der Waals surface area contributed by atoms with Crippen LogP contribution in [0.4, 0.5) is 10.5 Å². The number of hydrogen-bond donors (Lipinski definition) is 2. The molecule has 0 aromatic heterocycles. The van der Waals surface area contributed by atoms with Gasteiger partial charge in [-0.15, -0.1) is 0 Å². The predicted octanol–water partition coefficient (Wildman–Crippen LogP) is 3.32. The second kappa shape index (κ2) is 10.4. The maximum atomic E-state index is 12.9. The van der Waals surface area contributed by atoms with Gasteiger partial charge in [0.25, 0.3) is 0 Å². The molecule has 8 nitrogen and oxygen atoms in total. The first kappa shape index (κ1) is 24.4. The lowest BCUT2D eigenvalue weighted by Crippen LogP contribution is -2.51. The average Bonchev–Trinajstić information content (AvgIpc) is 2.89. The highest BCUT2D eigenvalue weighted by Gasteiger charge is 2.37. The van der Waals surface area contributed by atoms with E-state index in [1.165, 1.54) is 6.08 Å². The van der Waals surface area contributed by atoms with E-state index in [0.29, 0.717) is 44.6 Å². The Hall–Kier alpha value is -2.87. The summed E-state index contributed by atoms with van der Waals surface area (Å²) in [4.78, 5) is 38.2. The van der Waals surface area contributed by atoms with E-state index in [0.717, 1.165) is 5.56 Å². The molecular formula is C23H33N3O5. The molecule has 8 heteroatoms. The molecule has 1 aromatic rings. The minimum atomic E-state index is -1.07. The van der Waals surface area contributed by atoms with Gasteiger partial charge in [0.1, 0.15) is 5.60 Å². The van der Waals surface area contributed by atoms with Gasteiger partial charge in [-0.2, -0.15) is 0 Å². The van der Waals surface area contributed by atoms with E-state index in [-0.39, 0.29) is 12.0 Å². The van der Waals surface area contributed by atoms with E-state index in [4.69, 9.17) is 15.2 Å². The van der Waals surface area contributed by atoms with Crippen molar-refractivity contribution in [2.45, 2.75) is 58.1 Å². The van der Waals surface area contributed by atoms with Crippen LogP contribution in [0.5, 0.6) is 0 Å². The molecule has 2 amide bonds. The van der Waals surface area contributed by atoms with Crippen LogP contribution < -0.4 is 11.1 Å². The number of esters is 1. The van der Waals surface area contributed by atoms with Gasteiger partial charge in [-0.25, -0.2) is 9.59 Å². The first-order valence-corrected chi connectivity index (χ1v) is 10.6. The van der Waals surface area contributed by atoms with Gasteiger partial charge < -0.3 is 25.4 Å². The molecule has 1 aliphatic heterocycles. The van der Waals surface area contributed by atoms with Crippen LogP contribution >= 0.6 is 0 Å². The normalized spacial score (nSPS) is 19.6. The highest BCUT2D eigenvalue weighted by Crippen LogP contribution is 2.24. The van der Waals surface area contributed by atoms with Gasteiger partial charge in [0.15, 0.2) is 0 Å². The highest BCUT2D eigenvalue weighted by atomic mass is 16.6. The van der Waals surface area contributed by atoms with Crippen molar-refractivity contribution in [3.05, 3.63) is 35.9 Å². The molecule has 1 aliphatic rings. The molecule has 0 spiro atoms. The van der Waals surface area contributed by atoms with E-state index in [1.807, 2.05) is 20.8 Å². The summed E-state index contributed by atoms with van der Waals surface area (Å²) >= 11 is 0. The van der Waals surface area contributed by atoms with Crippen LogP contribution in [0.3, 0.4) is 0 Å². The van der Waals surface area contributed by atoms with Gasteiger partial charge in [0, 0.05) is 24.9 Å². The summed E-state index contributed by atoms with van der Waals surface area (Å²) in [6, 6.07) is 7.06. The second-order valence-corrected chi connectivity index (χ2v) is 8.64. The summed E-state index contributed by atoms with van der Waals surface area (Å²) in [7, 11) is 0. The standard InChI is InChI=1S/C23H33N3O5/c1-5-30-19(27)12-9-17-7-10-18(11-8-17)25-20(28)23(24)13-6-15-26(16-14-23)21(29)31-22(2,3)4/h7-12H,5-6,13-16,24H2,1-4H3,(H,25,28)/b12-9+. The molecule has 0 saturated carbocycles. The van der Waals surface area contributed by atoms with Gasteiger partial charge in [-0.05, 0) is 70.7 Å². The molecule has 1 aromatic carbocycles. The molecule has 1 fully saturated rings. The average molecular weight is 432 g/mol. The molecule has 3 N–H and O–H groups in total. The van der Waals surface area contributed by atoms with Crippen LogP contribution in [0.15, 0.2) is 30.3 Å². The minimum absolute atomic E-state index is 0.284. The lowest BCUT2D eigenvalue weighted by atomic mass is 9.90. The number of ether oxygens (including phenoxy) is 2. The second-order valence-electron chi connectivity index (χ2n) is 8.64. The molecule has 170 valence electrons. The van der Waals surface area contributed by atoms with Crippen molar-refractivity contribution in [3.63, 3.8) is 0 Å². The van der Waals surface area contributed by atoms with Crippen molar-refractivity contribution in [2.24, 2.45) is 5.73 Å². The lowest BCUT2D eigenvalue weighted by molar-refractivity contribution is -0.137. The molecule has 1 unspecified atom stereocenters. The molecule has 1 heterocycles. The zero-order valence-corrected chi connectivity index (χ0v) is 18.8. The van der Waals surface area contributed by atoms with Crippen molar-refractivity contribution < 1.29 is 23.9 Å². The maximum Gasteiger partial charge on any atom is 0.410 e. The monoisotopic (exact) mass is 431 g/mol. The number of anilines is 1.